The predicted octanol–water partition coefficient (Wildman–Crippen LogP) is 3.78. The summed E-state index contributed by atoms with van der Waals surface area (Å²) in [5.74, 6) is 1.47. The highest BCUT2D eigenvalue weighted by Gasteiger charge is 2.23. The first kappa shape index (κ1) is 20.0. The van der Waals surface area contributed by atoms with E-state index in [4.69, 9.17) is 20.8 Å². The molecule has 0 aliphatic carbocycles. The van der Waals surface area contributed by atoms with Crippen LogP contribution in [0, 0.1) is 0 Å². The van der Waals surface area contributed by atoms with Gasteiger partial charge in [-0.2, -0.15) is 0 Å². The lowest BCUT2D eigenvalue weighted by molar-refractivity contribution is -0.118. The lowest BCUT2D eigenvalue weighted by Crippen LogP contribution is -2.25. The van der Waals surface area contributed by atoms with Gasteiger partial charge in [0.25, 0.3) is 0 Å². The Morgan fingerprint density at radius 1 is 1.28 bits per heavy atom. The minimum Gasteiger partial charge on any atom is -0.461 e. The number of benzene rings is 1. The van der Waals surface area contributed by atoms with E-state index in [2.05, 4.69) is 15.5 Å². The third kappa shape index (κ3) is 5.20. The van der Waals surface area contributed by atoms with Crippen molar-refractivity contribution in [1.82, 2.24) is 20.1 Å². The van der Waals surface area contributed by atoms with Crippen molar-refractivity contribution in [2.75, 3.05) is 12.4 Å². The molecule has 4 rings (SSSR count). The fourth-order valence-corrected chi connectivity index (χ4v) is 4.03. The molecule has 1 aliphatic rings. The lowest BCUT2D eigenvalue weighted by atomic mass is 10.2. The van der Waals surface area contributed by atoms with E-state index in [9.17, 15) is 4.79 Å². The molecule has 0 bridgehead atoms. The molecule has 29 heavy (non-hydrogen) atoms. The average Bonchev–Trinajstić information content (AvgIpc) is 3.49. The Hall–Kier alpha value is -2.29. The molecular weight excluding hydrogens is 412 g/mol. The molecule has 0 radical (unpaired) electrons. The van der Waals surface area contributed by atoms with Gasteiger partial charge < -0.3 is 14.5 Å². The number of furan rings is 1. The molecule has 1 atom stereocenters. The van der Waals surface area contributed by atoms with Crippen molar-refractivity contribution in [3.05, 3.63) is 53.2 Å². The molecule has 1 amide bonds. The summed E-state index contributed by atoms with van der Waals surface area (Å²) in [6.07, 6.45) is 3.79. The van der Waals surface area contributed by atoms with Gasteiger partial charge in [0.2, 0.25) is 11.7 Å². The number of thioether (sulfide) groups is 1. The van der Waals surface area contributed by atoms with Gasteiger partial charge in [-0.1, -0.05) is 35.5 Å². The van der Waals surface area contributed by atoms with Gasteiger partial charge in [-0.3, -0.25) is 9.36 Å². The Morgan fingerprint density at radius 3 is 2.86 bits per heavy atom. The summed E-state index contributed by atoms with van der Waals surface area (Å²) in [7, 11) is 0. The number of hydrogen-bond acceptors (Lipinski definition) is 6. The number of halogens is 1. The van der Waals surface area contributed by atoms with Crippen molar-refractivity contribution in [3.8, 4) is 11.6 Å². The highest BCUT2D eigenvalue weighted by atomic mass is 35.5. The van der Waals surface area contributed by atoms with Crippen LogP contribution in [0.1, 0.15) is 18.4 Å². The third-order valence-electron chi connectivity index (χ3n) is 4.60. The summed E-state index contributed by atoms with van der Waals surface area (Å²) >= 11 is 7.24. The van der Waals surface area contributed by atoms with Crippen molar-refractivity contribution in [2.45, 2.75) is 37.2 Å². The highest BCUT2D eigenvalue weighted by Crippen LogP contribution is 2.26. The summed E-state index contributed by atoms with van der Waals surface area (Å²) in [5.41, 5.74) is 0.995. The molecular formula is C20H21ClN4O3S. The number of amides is 1. The van der Waals surface area contributed by atoms with Crippen molar-refractivity contribution in [1.29, 1.82) is 0 Å². The molecule has 1 unspecified atom stereocenters. The van der Waals surface area contributed by atoms with Crippen LogP contribution < -0.4 is 5.32 Å². The molecule has 1 aromatic carbocycles. The number of rotatable bonds is 8. The molecule has 0 spiro atoms. The van der Waals surface area contributed by atoms with E-state index in [0.29, 0.717) is 34.9 Å². The van der Waals surface area contributed by atoms with Gasteiger partial charge in [0.15, 0.2) is 10.9 Å². The topological polar surface area (TPSA) is 82.2 Å². The molecule has 3 heterocycles. The van der Waals surface area contributed by atoms with Gasteiger partial charge in [-0.05, 0) is 42.7 Å². The van der Waals surface area contributed by atoms with Gasteiger partial charge in [-0.15, -0.1) is 10.2 Å². The zero-order chi connectivity index (χ0) is 20.1. The maximum absolute atomic E-state index is 12.3. The largest absolute Gasteiger partial charge is 0.461 e. The summed E-state index contributed by atoms with van der Waals surface area (Å²) in [5, 5.41) is 12.8. The molecule has 1 saturated heterocycles. The van der Waals surface area contributed by atoms with Crippen LogP contribution in [0.4, 0.5) is 0 Å². The van der Waals surface area contributed by atoms with Gasteiger partial charge in [0, 0.05) is 18.2 Å². The van der Waals surface area contributed by atoms with Gasteiger partial charge >= 0.3 is 0 Å². The van der Waals surface area contributed by atoms with Gasteiger partial charge in [0.05, 0.1) is 24.7 Å². The number of nitrogens with zero attached hydrogens (tertiary/aromatic N) is 3. The Labute approximate surface area is 177 Å². The fourth-order valence-electron chi connectivity index (χ4n) is 3.12. The van der Waals surface area contributed by atoms with Gasteiger partial charge in [-0.25, -0.2) is 0 Å². The van der Waals surface area contributed by atoms with Crippen molar-refractivity contribution < 1.29 is 13.9 Å². The number of ether oxygens (including phenoxy) is 1. The molecule has 1 fully saturated rings. The molecule has 2 aromatic heterocycles. The maximum atomic E-state index is 12.3. The summed E-state index contributed by atoms with van der Waals surface area (Å²) in [6, 6.07) is 11.1. The monoisotopic (exact) mass is 432 g/mol. The first-order valence-electron chi connectivity index (χ1n) is 9.41. The molecule has 3 aromatic rings. The third-order valence-corrected chi connectivity index (χ3v) is 5.82. The number of aromatic nitrogens is 3. The Morgan fingerprint density at radius 2 is 2.14 bits per heavy atom. The Balaban J connectivity index is 1.39. The van der Waals surface area contributed by atoms with Gasteiger partial charge in [0.1, 0.15) is 0 Å². The normalized spacial score (nSPS) is 16.2. The Bertz CT molecular complexity index is 937. The number of nitrogens with one attached hydrogen (secondary N) is 1. The van der Waals surface area contributed by atoms with Crippen molar-refractivity contribution in [3.63, 3.8) is 0 Å². The first-order chi connectivity index (χ1) is 14.2. The highest BCUT2D eigenvalue weighted by molar-refractivity contribution is 7.99. The molecule has 9 heteroatoms. The first-order valence-corrected chi connectivity index (χ1v) is 10.8. The minimum absolute atomic E-state index is 0.0730. The molecule has 1 N–H and O–H groups in total. The maximum Gasteiger partial charge on any atom is 0.230 e. The van der Waals surface area contributed by atoms with Crippen molar-refractivity contribution in [2.24, 2.45) is 0 Å². The standard InChI is InChI=1S/C20H21ClN4O3S/c21-15-7-5-14(6-8-15)11-22-18(26)13-29-20-24-23-19(17-4-2-10-28-17)25(20)12-16-3-1-9-27-16/h2,4-8,10,16H,1,3,9,11-13H2,(H,22,26). The van der Waals surface area contributed by atoms with E-state index in [1.165, 1.54) is 11.8 Å². The van der Waals surface area contributed by atoms with Crippen LogP contribution in [0.5, 0.6) is 0 Å². The average molecular weight is 433 g/mol. The van der Waals surface area contributed by atoms with E-state index in [1.807, 2.05) is 41.0 Å². The second-order valence-electron chi connectivity index (χ2n) is 6.72. The van der Waals surface area contributed by atoms with E-state index in [1.54, 1.807) is 6.26 Å². The van der Waals surface area contributed by atoms with Crippen LogP contribution in [0.3, 0.4) is 0 Å². The quantitative estimate of drug-likeness (QED) is 0.545. The number of carbonyl (C=O) groups is 1. The predicted molar refractivity (Wildman–Crippen MR) is 111 cm³/mol. The molecule has 7 nitrogen and oxygen atoms in total. The molecule has 0 saturated carbocycles. The van der Waals surface area contributed by atoms with E-state index in [0.717, 1.165) is 25.0 Å². The van der Waals surface area contributed by atoms with Crippen LogP contribution in [-0.2, 0) is 22.6 Å². The van der Waals surface area contributed by atoms with E-state index in [-0.39, 0.29) is 17.8 Å². The van der Waals surface area contributed by atoms with Crippen LogP contribution in [-0.4, -0.2) is 39.1 Å². The minimum atomic E-state index is -0.0730. The molecule has 152 valence electrons. The molecule has 1 aliphatic heterocycles. The van der Waals surface area contributed by atoms with Crippen LogP contribution >= 0.6 is 23.4 Å². The summed E-state index contributed by atoms with van der Waals surface area (Å²) in [6.45, 7) is 1.87. The van der Waals surface area contributed by atoms with E-state index >= 15 is 0 Å². The van der Waals surface area contributed by atoms with E-state index < -0.39 is 0 Å². The van der Waals surface area contributed by atoms with Crippen LogP contribution in [0.25, 0.3) is 11.6 Å². The zero-order valence-corrected chi connectivity index (χ0v) is 17.3. The smallest absolute Gasteiger partial charge is 0.230 e. The second kappa shape index (κ2) is 9.47. The Kier molecular flexibility index (Phi) is 6.53. The zero-order valence-electron chi connectivity index (χ0n) is 15.7. The lowest BCUT2D eigenvalue weighted by Gasteiger charge is -2.14. The van der Waals surface area contributed by atoms with Crippen molar-refractivity contribution >= 4 is 29.3 Å². The second-order valence-corrected chi connectivity index (χ2v) is 8.10. The summed E-state index contributed by atoms with van der Waals surface area (Å²) in [4.78, 5) is 12.3. The number of hydrogen-bond donors (Lipinski definition) is 1. The van der Waals surface area contributed by atoms with Crippen LogP contribution in [0.2, 0.25) is 5.02 Å². The van der Waals surface area contributed by atoms with Crippen LogP contribution in [0.15, 0.2) is 52.2 Å². The fraction of sp³-hybridized carbons (Fsp3) is 0.350. The summed E-state index contributed by atoms with van der Waals surface area (Å²) < 4.78 is 13.2. The number of carbonyl (C=O) groups excluding carboxylic acids is 1. The SMILES string of the molecule is O=C(CSc1nnc(-c2ccco2)n1CC1CCCO1)NCc1ccc(Cl)cc1.